The molecule has 0 radical (unpaired) electrons. The van der Waals surface area contributed by atoms with Gasteiger partial charge in [-0.1, -0.05) is 12.8 Å². The first kappa shape index (κ1) is 14.3. The van der Waals surface area contributed by atoms with Crippen LogP contribution < -0.4 is 5.32 Å². The number of carbonyl (C=O) groups excluding carboxylic acids is 1. The summed E-state index contributed by atoms with van der Waals surface area (Å²) in [6, 6.07) is 0.597. The lowest BCUT2D eigenvalue weighted by molar-refractivity contribution is -0.133. The van der Waals surface area contributed by atoms with Crippen LogP contribution in [0.3, 0.4) is 0 Å². The molecule has 114 valence electrons. The largest absolute Gasteiger partial charge is 0.392 e. The Bertz CT molecular complexity index is 344. The molecule has 5 heteroatoms. The molecular weight excluding hydrogens is 254 g/mol. The van der Waals surface area contributed by atoms with E-state index < -0.39 is 0 Å². The van der Waals surface area contributed by atoms with Crippen molar-refractivity contribution in [2.75, 3.05) is 32.7 Å². The molecule has 0 bridgehead atoms. The van der Waals surface area contributed by atoms with E-state index in [1.54, 1.807) is 0 Å². The van der Waals surface area contributed by atoms with Crippen LogP contribution in [0.1, 0.15) is 38.5 Å². The summed E-state index contributed by atoms with van der Waals surface area (Å²) in [7, 11) is 0. The maximum Gasteiger partial charge on any atom is 0.239 e. The van der Waals surface area contributed by atoms with Crippen molar-refractivity contribution in [1.82, 2.24) is 15.1 Å². The quantitative estimate of drug-likeness (QED) is 0.758. The minimum atomic E-state index is -0.356. The molecule has 3 fully saturated rings. The van der Waals surface area contributed by atoms with Crippen molar-refractivity contribution in [2.24, 2.45) is 0 Å². The Kier molecular flexibility index (Phi) is 4.58. The van der Waals surface area contributed by atoms with Crippen LogP contribution in [0, 0.1) is 0 Å². The normalized spacial score (nSPS) is 33.5. The molecule has 3 rings (SSSR count). The van der Waals surface area contributed by atoms with Gasteiger partial charge in [0.25, 0.3) is 0 Å². The van der Waals surface area contributed by atoms with E-state index in [1.807, 2.05) is 4.90 Å². The Morgan fingerprint density at radius 2 is 1.85 bits per heavy atom. The number of hydrogen-bond donors (Lipinski definition) is 2. The second-order valence-electron chi connectivity index (χ2n) is 6.50. The van der Waals surface area contributed by atoms with Gasteiger partial charge in [-0.2, -0.15) is 0 Å². The minimum Gasteiger partial charge on any atom is -0.392 e. The minimum absolute atomic E-state index is 0.164. The van der Waals surface area contributed by atoms with E-state index in [9.17, 15) is 9.90 Å². The van der Waals surface area contributed by atoms with Gasteiger partial charge in [-0.25, -0.2) is 0 Å². The average molecular weight is 281 g/mol. The number of rotatable bonds is 2. The fourth-order valence-corrected chi connectivity index (χ4v) is 3.92. The van der Waals surface area contributed by atoms with Crippen molar-refractivity contribution in [3.63, 3.8) is 0 Å². The summed E-state index contributed by atoms with van der Waals surface area (Å²) in [5, 5.41) is 12.7. The van der Waals surface area contributed by atoms with Gasteiger partial charge in [-0.3, -0.25) is 9.69 Å². The Hall–Kier alpha value is -0.650. The maximum absolute atomic E-state index is 12.5. The Balaban J connectivity index is 1.52. The molecule has 0 aromatic heterocycles. The molecule has 2 aliphatic heterocycles. The third-order valence-electron chi connectivity index (χ3n) is 5.09. The van der Waals surface area contributed by atoms with E-state index in [2.05, 4.69) is 10.2 Å². The van der Waals surface area contributed by atoms with Gasteiger partial charge in [0.05, 0.1) is 12.1 Å². The van der Waals surface area contributed by atoms with Crippen molar-refractivity contribution in [1.29, 1.82) is 0 Å². The smallest absolute Gasteiger partial charge is 0.239 e. The highest BCUT2D eigenvalue weighted by Crippen LogP contribution is 2.24. The van der Waals surface area contributed by atoms with E-state index in [0.717, 1.165) is 38.6 Å². The number of amides is 1. The summed E-state index contributed by atoms with van der Waals surface area (Å²) in [6.45, 7) is 4.43. The van der Waals surface area contributed by atoms with Crippen molar-refractivity contribution < 1.29 is 9.90 Å². The molecular formula is C15H27N3O2. The summed E-state index contributed by atoms with van der Waals surface area (Å²) < 4.78 is 0. The van der Waals surface area contributed by atoms with Gasteiger partial charge in [0.15, 0.2) is 0 Å². The van der Waals surface area contributed by atoms with Crippen LogP contribution in [0.25, 0.3) is 0 Å². The van der Waals surface area contributed by atoms with Gasteiger partial charge < -0.3 is 15.3 Å². The molecule has 1 aliphatic carbocycles. The molecule has 0 aromatic rings. The highest BCUT2D eigenvalue weighted by atomic mass is 16.3. The third kappa shape index (κ3) is 3.15. The molecule has 2 heterocycles. The molecule has 3 aliphatic rings. The van der Waals surface area contributed by atoms with E-state index in [0.29, 0.717) is 13.0 Å². The van der Waals surface area contributed by atoms with E-state index >= 15 is 0 Å². The summed E-state index contributed by atoms with van der Waals surface area (Å²) in [5.74, 6) is 0.190. The van der Waals surface area contributed by atoms with E-state index in [1.165, 1.54) is 25.7 Å². The second kappa shape index (κ2) is 6.41. The standard InChI is InChI=1S/C15H27N3O2/c19-13-10-14(16-11-13)15(20)18-7-3-6-17(8-9-18)12-4-1-2-5-12/h12-14,16,19H,1-11H2/t13-,14+/m1/s1. The predicted octanol–water partition coefficient (Wildman–Crippen LogP) is 0.186. The monoisotopic (exact) mass is 281 g/mol. The van der Waals surface area contributed by atoms with Gasteiger partial charge >= 0.3 is 0 Å². The van der Waals surface area contributed by atoms with Crippen LogP contribution in [0.5, 0.6) is 0 Å². The second-order valence-corrected chi connectivity index (χ2v) is 6.50. The molecule has 1 amide bonds. The van der Waals surface area contributed by atoms with Crippen LogP contribution in [0.4, 0.5) is 0 Å². The SMILES string of the molecule is O=C([C@@H]1C[C@@H](O)CN1)N1CCCN(C2CCCC2)CC1. The molecule has 0 unspecified atom stereocenters. The summed E-state index contributed by atoms with van der Waals surface area (Å²) in [5.41, 5.74) is 0. The summed E-state index contributed by atoms with van der Waals surface area (Å²) in [6.07, 6.45) is 6.71. The fourth-order valence-electron chi connectivity index (χ4n) is 3.92. The van der Waals surface area contributed by atoms with Gasteiger partial charge in [0.2, 0.25) is 5.91 Å². The molecule has 2 N–H and O–H groups in total. The number of aliphatic hydroxyl groups is 1. The summed E-state index contributed by atoms with van der Waals surface area (Å²) in [4.78, 5) is 17.1. The van der Waals surface area contributed by atoms with Crippen LogP contribution in [0.15, 0.2) is 0 Å². The highest BCUT2D eigenvalue weighted by molar-refractivity contribution is 5.82. The van der Waals surface area contributed by atoms with Gasteiger partial charge in [-0.05, 0) is 25.7 Å². The number of hydrogen-bond acceptors (Lipinski definition) is 4. The van der Waals surface area contributed by atoms with Crippen LogP contribution in [0.2, 0.25) is 0 Å². The number of nitrogens with one attached hydrogen (secondary N) is 1. The molecule has 0 spiro atoms. The third-order valence-corrected chi connectivity index (χ3v) is 5.09. The molecule has 20 heavy (non-hydrogen) atoms. The lowest BCUT2D eigenvalue weighted by atomic mass is 10.2. The molecule has 2 atom stereocenters. The van der Waals surface area contributed by atoms with Gasteiger partial charge in [-0.15, -0.1) is 0 Å². The zero-order valence-corrected chi connectivity index (χ0v) is 12.3. The van der Waals surface area contributed by atoms with E-state index in [4.69, 9.17) is 0 Å². The van der Waals surface area contributed by atoms with Crippen molar-refractivity contribution >= 4 is 5.91 Å². The number of β-amino-alcohol motifs (C(OH)–C–C–N with tert-alkyl or cyclic N) is 1. The van der Waals surface area contributed by atoms with E-state index in [-0.39, 0.29) is 18.1 Å². The molecule has 2 saturated heterocycles. The van der Waals surface area contributed by atoms with Gasteiger partial charge in [0, 0.05) is 38.8 Å². The Labute approximate surface area is 121 Å². The van der Waals surface area contributed by atoms with Gasteiger partial charge in [0.1, 0.15) is 0 Å². The fraction of sp³-hybridized carbons (Fsp3) is 0.933. The lowest BCUT2D eigenvalue weighted by Gasteiger charge is -2.28. The average Bonchev–Trinajstić information content (AvgIpc) is 3.05. The predicted molar refractivity (Wildman–Crippen MR) is 77.4 cm³/mol. The zero-order valence-electron chi connectivity index (χ0n) is 12.3. The maximum atomic E-state index is 12.5. The van der Waals surface area contributed by atoms with Crippen LogP contribution in [-0.2, 0) is 4.79 Å². The summed E-state index contributed by atoms with van der Waals surface area (Å²) >= 11 is 0. The first-order chi connectivity index (χ1) is 9.74. The van der Waals surface area contributed by atoms with Crippen molar-refractivity contribution in [3.8, 4) is 0 Å². The first-order valence-electron chi connectivity index (χ1n) is 8.18. The number of nitrogens with zero attached hydrogens (tertiary/aromatic N) is 2. The number of carbonyl (C=O) groups is 1. The number of aliphatic hydroxyl groups excluding tert-OH is 1. The first-order valence-corrected chi connectivity index (χ1v) is 8.18. The Morgan fingerprint density at radius 3 is 2.55 bits per heavy atom. The lowest BCUT2D eigenvalue weighted by Crippen LogP contribution is -2.45. The van der Waals surface area contributed by atoms with Crippen molar-refractivity contribution in [3.05, 3.63) is 0 Å². The zero-order chi connectivity index (χ0) is 13.9. The van der Waals surface area contributed by atoms with Crippen molar-refractivity contribution in [2.45, 2.75) is 56.7 Å². The Morgan fingerprint density at radius 1 is 1.05 bits per heavy atom. The van der Waals surface area contributed by atoms with Crippen LogP contribution >= 0.6 is 0 Å². The van der Waals surface area contributed by atoms with Crippen LogP contribution in [-0.4, -0.2) is 71.7 Å². The molecule has 5 nitrogen and oxygen atoms in total. The molecule has 0 aromatic carbocycles. The topological polar surface area (TPSA) is 55.8 Å². The molecule has 1 saturated carbocycles. The highest BCUT2D eigenvalue weighted by Gasteiger charge is 2.33.